The largest absolute Gasteiger partial charge is 0.377 e. The second-order valence-electron chi connectivity index (χ2n) is 5.72. The molecule has 0 aromatic rings. The van der Waals surface area contributed by atoms with E-state index in [0.717, 1.165) is 32.5 Å². The second kappa shape index (κ2) is 7.22. The molecule has 19 heavy (non-hydrogen) atoms. The van der Waals surface area contributed by atoms with E-state index in [1.807, 2.05) is 6.92 Å². The van der Waals surface area contributed by atoms with E-state index in [1.165, 1.54) is 0 Å². The molecular weight excluding hydrogens is 242 g/mol. The van der Waals surface area contributed by atoms with Crippen LogP contribution in [-0.2, 0) is 9.53 Å². The Kier molecular flexibility index (Phi) is 6.23. The van der Waals surface area contributed by atoms with Gasteiger partial charge in [0.2, 0.25) is 5.91 Å². The van der Waals surface area contributed by atoms with Crippen LogP contribution in [0.2, 0.25) is 0 Å². The Bertz CT molecular complexity index is 292. The van der Waals surface area contributed by atoms with Gasteiger partial charge in [0.05, 0.1) is 11.6 Å². The Hall–Kier alpha value is -0.650. The van der Waals surface area contributed by atoms with Crippen LogP contribution in [0.1, 0.15) is 40.0 Å². The molecule has 5 heteroatoms. The Balaban J connectivity index is 2.56. The average molecular weight is 271 g/mol. The molecule has 112 valence electrons. The lowest BCUT2D eigenvalue weighted by Gasteiger charge is -2.35. The topological polar surface area (TPSA) is 67.6 Å². The Morgan fingerprint density at radius 1 is 1.63 bits per heavy atom. The average Bonchev–Trinajstić information content (AvgIpc) is 2.88. The van der Waals surface area contributed by atoms with Crippen LogP contribution in [0.4, 0.5) is 0 Å². The highest BCUT2D eigenvalue weighted by molar-refractivity contribution is 5.84. The van der Waals surface area contributed by atoms with Gasteiger partial charge in [-0.2, -0.15) is 0 Å². The zero-order valence-electron chi connectivity index (χ0n) is 12.7. The third kappa shape index (κ3) is 4.44. The van der Waals surface area contributed by atoms with Crippen LogP contribution < -0.4 is 11.1 Å². The Labute approximate surface area is 116 Å². The van der Waals surface area contributed by atoms with E-state index in [0.29, 0.717) is 18.6 Å². The summed E-state index contributed by atoms with van der Waals surface area (Å²) in [7, 11) is 1.79. The molecule has 3 N–H and O–H groups in total. The smallest absolute Gasteiger partial charge is 0.237 e. The van der Waals surface area contributed by atoms with Crippen molar-refractivity contribution in [3.05, 3.63) is 0 Å². The van der Waals surface area contributed by atoms with Crippen LogP contribution in [0.15, 0.2) is 0 Å². The molecule has 0 saturated carbocycles. The Morgan fingerprint density at radius 3 is 2.74 bits per heavy atom. The van der Waals surface area contributed by atoms with E-state index in [2.05, 4.69) is 24.1 Å². The molecule has 1 saturated heterocycles. The molecule has 0 radical (unpaired) electrons. The summed E-state index contributed by atoms with van der Waals surface area (Å²) in [6.45, 7) is 8.94. The predicted octanol–water partition coefficient (Wildman–Crippen LogP) is 0.729. The molecular formula is C14H29N3O2. The molecule has 1 aliphatic rings. The van der Waals surface area contributed by atoms with Crippen molar-refractivity contribution in [2.24, 2.45) is 5.73 Å². The minimum atomic E-state index is -0.649. The number of hydrogen-bond acceptors (Lipinski definition) is 4. The number of nitrogens with zero attached hydrogens (tertiary/aromatic N) is 1. The van der Waals surface area contributed by atoms with Gasteiger partial charge in [-0.25, -0.2) is 0 Å². The standard InChI is InChI=1S/C14H29N3O2/c1-5-17(10-12-7-6-8-19-12)11(2)9-14(3,16-4)13(15)18/h11-12,16H,5-10H2,1-4H3,(H2,15,18). The summed E-state index contributed by atoms with van der Waals surface area (Å²) in [4.78, 5) is 13.9. The van der Waals surface area contributed by atoms with Gasteiger partial charge in [0, 0.05) is 19.2 Å². The molecule has 0 aromatic heterocycles. The lowest BCUT2D eigenvalue weighted by atomic mass is 9.92. The number of rotatable bonds is 8. The van der Waals surface area contributed by atoms with Crippen molar-refractivity contribution >= 4 is 5.91 Å². The van der Waals surface area contributed by atoms with Crippen molar-refractivity contribution in [3.63, 3.8) is 0 Å². The van der Waals surface area contributed by atoms with Gasteiger partial charge in [-0.3, -0.25) is 9.69 Å². The summed E-state index contributed by atoms with van der Waals surface area (Å²) >= 11 is 0. The number of primary amides is 1. The van der Waals surface area contributed by atoms with Crippen molar-refractivity contribution in [1.82, 2.24) is 10.2 Å². The molecule has 0 aromatic carbocycles. The molecule has 1 aliphatic heterocycles. The SMILES string of the molecule is CCN(CC1CCCO1)C(C)CC(C)(NC)C(N)=O. The number of nitrogens with one attached hydrogen (secondary N) is 1. The van der Waals surface area contributed by atoms with Gasteiger partial charge in [0.25, 0.3) is 0 Å². The van der Waals surface area contributed by atoms with Crippen LogP contribution in [-0.4, -0.2) is 55.2 Å². The minimum Gasteiger partial charge on any atom is -0.377 e. The third-order valence-electron chi connectivity index (χ3n) is 4.29. The molecule has 0 spiro atoms. The summed E-state index contributed by atoms with van der Waals surface area (Å²) in [5.74, 6) is -0.296. The van der Waals surface area contributed by atoms with E-state index in [9.17, 15) is 4.79 Å². The zero-order chi connectivity index (χ0) is 14.5. The first kappa shape index (κ1) is 16.4. The van der Waals surface area contributed by atoms with Crippen molar-refractivity contribution in [1.29, 1.82) is 0 Å². The van der Waals surface area contributed by atoms with E-state index < -0.39 is 5.54 Å². The van der Waals surface area contributed by atoms with Gasteiger partial charge in [0.1, 0.15) is 0 Å². The first-order valence-corrected chi connectivity index (χ1v) is 7.27. The summed E-state index contributed by atoms with van der Waals surface area (Å²) < 4.78 is 5.69. The fourth-order valence-corrected chi connectivity index (χ4v) is 2.72. The Morgan fingerprint density at radius 2 is 2.32 bits per heavy atom. The number of nitrogens with two attached hydrogens (primary N) is 1. The zero-order valence-corrected chi connectivity index (χ0v) is 12.7. The van der Waals surface area contributed by atoms with E-state index in [-0.39, 0.29) is 5.91 Å². The molecule has 3 unspecified atom stereocenters. The van der Waals surface area contributed by atoms with Crippen LogP contribution in [0.25, 0.3) is 0 Å². The first-order chi connectivity index (χ1) is 8.92. The molecule has 5 nitrogen and oxygen atoms in total. The molecule has 1 rings (SSSR count). The van der Waals surface area contributed by atoms with Gasteiger partial charge in [-0.1, -0.05) is 6.92 Å². The van der Waals surface area contributed by atoms with Gasteiger partial charge >= 0.3 is 0 Å². The lowest BCUT2D eigenvalue weighted by molar-refractivity contribution is -0.124. The van der Waals surface area contributed by atoms with Crippen molar-refractivity contribution in [3.8, 4) is 0 Å². The fraction of sp³-hybridized carbons (Fsp3) is 0.929. The summed E-state index contributed by atoms with van der Waals surface area (Å²) in [6, 6.07) is 0.291. The van der Waals surface area contributed by atoms with Crippen LogP contribution in [0, 0.1) is 0 Å². The van der Waals surface area contributed by atoms with Crippen LogP contribution in [0.5, 0.6) is 0 Å². The summed E-state index contributed by atoms with van der Waals surface area (Å²) in [6.07, 6.45) is 3.35. The number of likely N-dealkylation sites (N-methyl/N-ethyl adjacent to an activating group) is 2. The van der Waals surface area contributed by atoms with Gasteiger partial charge in [0.15, 0.2) is 0 Å². The number of hydrogen-bond donors (Lipinski definition) is 2. The normalized spacial score (nSPS) is 24.4. The van der Waals surface area contributed by atoms with Gasteiger partial charge < -0.3 is 15.8 Å². The molecule has 3 atom stereocenters. The monoisotopic (exact) mass is 271 g/mol. The maximum atomic E-state index is 11.6. The van der Waals surface area contributed by atoms with Crippen molar-refractivity contribution in [2.45, 2.75) is 57.7 Å². The van der Waals surface area contributed by atoms with Gasteiger partial charge in [-0.05, 0) is 46.7 Å². The van der Waals surface area contributed by atoms with Crippen LogP contribution in [0.3, 0.4) is 0 Å². The highest BCUT2D eigenvalue weighted by Gasteiger charge is 2.33. The van der Waals surface area contributed by atoms with E-state index >= 15 is 0 Å². The quantitative estimate of drug-likeness (QED) is 0.683. The van der Waals surface area contributed by atoms with E-state index in [1.54, 1.807) is 7.05 Å². The van der Waals surface area contributed by atoms with Gasteiger partial charge in [-0.15, -0.1) is 0 Å². The molecule has 1 heterocycles. The number of ether oxygens (including phenoxy) is 1. The molecule has 1 fully saturated rings. The highest BCUT2D eigenvalue weighted by atomic mass is 16.5. The molecule has 0 aliphatic carbocycles. The summed E-state index contributed by atoms with van der Waals surface area (Å²) in [5.41, 5.74) is 4.84. The number of carbonyl (C=O) groups excluding carboxylic acids is 1. The predicted molar refractivity (Wildman–Crippen MR) is 77.0 cm³/mol. The van der Waals surface area contributed by atoms with Crippen LogP contribution >= 0.6 is 0 Å². The lowest BCUT2D eigenvalue weighted by Crippen LogP contribution is -2.55. The maximum absolute atomic E-state index is 11.6. The van der Waals surface area contributed by atoms with E-state index in [4.69, 9.17) is 10.5 Å². The number of amides is 1. The minimum absolute atomic E-state index is 0.291. The van der Waals surface area contributed by atoms with Crippen molar-refractivity contribution < 1.29 is 9.53 Å². The second-order valence-corrected chi connectivity index (χ2v) is 5.72. The highest BCUT2D eigenvalue weighted by Crippen LogP contribution is 2.19. The van der Waals surface area contributed by atoms with Crippen molar-refractivity contribution in [2.75, 3.05) is 26.7 Å². The number of carbonyl (C=O) groups is 1. The third-order valence-corrected chi connectivity index (χ3v) is 4.29. The molecule has 0 bridgehead atoms. The fourth-order valence-electron chi connectivity index (χ4n) is 2.72. The summed E-state index contributed by atoms with van der Waals surface area (Å²) in [5, 5.41) is 3.05. The first-order valence-electron chi connectivity index (χ1n) is 7.27. The molecule has 1 amide bonds. The maximum Gasteiger partial charge on any atom is 0.237 e.